The largest absolute Gasteiger partial charge is 0.497 e. The van der Waals surface area contributed by atoms with Gasteiger partial charge in [0.2, 0.25) is 0 Å². The molecule has 0 heterocycles. The second-order valence-electron chi connectivity index (χ2n) is 8.06. The van der Waals surface area contributed by atoms with Crippen LogP contribution in [-0.4, -0.2) is 20.2 Å². The highest BCUT2D eigenvalue weighted by atomic mass is 16.5. The van der Waals surface area contributed by atoms with E-state index in [1.165, 1.54) is 0 Å². The third-order valence-electron chi connectivity index (χ3n) is 5.96. The Balaban J connectivity index is 1.79. The van der Waals surface area contributed by atoms with Gasteiger partial charge in [0.25, 0.3) is 0 Å². The molecular formula is C31H24O4. The molecule has 35 heavy (non-hydrogen) atoms. The van der Waals surface area contributed by atoms with E-state index in [0.717, 1.165) is 38.8 Å². The summed E-state index contributed by atoms with van der Waals surface area (Å²) in [5.41, 5.74) is 4.01. The van der Waals surface area contributed by atoms with E-state index in [4.69, 9.17) is 14.2 Å². The molecule has 0 unspecified atom stereocenters. The van der Waals surface area contributed by atoms with Crippen molar-refractivity contribution in [1.29, 1.82) is 0 Å². The summed E-state index contributed by atoms with van der Waals surface area (Å²) in [4.78, 5) is 13.6. The fraction of sp³-hybridized carbons (Fsp3) is 0.0645. The molecule has 0 atom stereocenters. The van der Waals surface area contributed by atoms with E-state index >= 15 is 0 Å². The van der Waals surface area contributed by atoms with Gasteiger partial charge in [-0.3, -0.25) is 0 Å². The van der Waals surface area contributed by atoms with Crippen LogP contribution in [0.4, 0.5) is 0 Å². The van der Waals surface area contributed by atoms with Gasteiger partial charge < -0.3 is 14.2 Å². The molecule has 0 saturated heterocycles. The van der Waals surface area contributed by atoms with E-state index in [1.54, 1.807) is 26.4 Å². The number of hydrogen-bond acceptors (Lipinski definition) is 4. The van der Waals surface area contributed by atoms with Gasteiger partial charge >= 0.3 is 5.97 Å². The molecule has 0 amide bonds. The number of ether oxygens (including phenoxy) is 3. The van der Waals surface area contributed by atoms with Gasteiger partial charge in [0.15, 0.2) is 0 Å². The van der Waals surface area contributed by atoms with Crippen LogP contribution in [0.1, 0.15) is 10.4 Å². The number of esters is 1. The number of para-hydroxylation sites is 1. The molecule has 0 bridgehead atoms. The Morgan fingerprint density at radius 1 is 0.571 bits per heavy atom. The zero-order valence-electron chi connectivity index (χ0n) is 19.5. The van der Waals surface area contributed by atoms with Crippen LogP contribution in [0.15, 0.2) is 109 Å². The molecule has 172 valence electrons. The van der Waals surface area contributed by atoms with Gasteiger partial charge in [0.05, 0.1) is 19.8 Å². The normalized spacial score (nSPS) is 10.7. The number of rotatable bonds is 6. The Morgan fingerprint density at radius 2 is 1.14 bits per heavy atom. The lowest BCUT2D eigenvalue weighted by atomic mass is 9.88. The fourth-order valence-corrected chi connectivity index (χ4v) is 4.31. The molecule has 4 nitrogen and oxygen atoms in total. The molecule has 5 aromatic carbocycles. The number of hydrogen-bond donors (Lipinski definition) is 0. The first-order chi connectivity index (χ1) is 17.2. The van der Waals surface area contributed by atoms with Crippen LogP contribution in [-0.2, 0) is 0 Å². The topological polar surface area (TPSA) is 44.8 Å². The van der Waals surface area contributed by atoms with Crippen LogP contribution in [0.5, 0.6) is 17.2 Å². The monoisotopic (exact) mass is 460 g/mol. The maximum atomic E-state index is 13.6. The molecule has 0 radical (unpaired) electrons. The summed E-state index contributed by atoms with van der Waals surface area (Å²) in [5, 5.41) is 1.97. The average Bonchev–Trinajstić information content (AvgIpc) is 2.92. The Hall–Kier alpha value is -4.57. The predicted octanol–water partition coefficient (Wildman–Crippen LogP) is 7.41. The number of benzene rings is 5. The smallest absolute Gasteiger partial charge is 0.344 e. The highest BCUT2D eigenvalue weighted by Gasteiger charge is 2.21. The Bertz CT molecular complexity index is 1510. The molecule has 0 saturated carbocycles. The summed E-state index contributed by atoms with van der Waals surface area (Å²) in [6.07, 6.45) is 0. The molecule has 5 rings (SSSR count). The second-order valence-corrected chi connectivity index (χ2v) is 8.06. The summed E-state index contributed by atoms with van der Waals surface area (Å²) in [6, 6.07) is 34.7. The minimum absolute atomic E-state index is 0.427. The van der Waals surface area contributed by atoms with Crippen molar-refractivity contribution in [1.82, 2.24) is 0 Å². The summed E-state index contributed by atoms with van der Waals surface area (Å²) in [7, 11) is 3.28. The number of methoxy groups -OCH3 is 2. The van der Waals surface area contributed by atoms with Crippen LogP contribution in [0.2, 0.25) is 0 Å². The third kappa shape index (κ3) is 4.46. The molecule has 4 heteroatoms. The quantitative estimate of drug-likeness (QED) is 0.195. The van der Waals surface area contributed by atoms with E-state index in [1.807, 2.05) is 91.0 Å². The molecule has 0 N–H and O–H groups in total. The van der Waals surface area contributed by atoms with Gasteiger partial charge in [-0.25, -0.2) is 4.79 Å². The summed E-state index contributed by atoms with van der Waals surface area (Å²) < 4.78 is 16.7. The first-order valence-electron chi connectivity index (χ1n) is 11.3. The van der Waals surface area contributed by atoms with Gasteiger partial charge in [0.1, 0.15) is 17.2 Å². The van der Waals surface area contributed by atoms with Crippen LogP contribution >= 0.6 is 0 Å². The van der Waals surface area contributed by atoms with Gasteiger partial charge in [-0.1, -0.05) is 66.7 Å². The maximum Gasteiger partial charge on any atom is 0.344 e. The summed E-state index contributed by atoms with van der Waals surface area (Å²) >= 11 is 0. The number of fused-ring (bicyclic) bond motifs is 1. The van der Waals surface area contributed by atoms with Crippen LogP contribution in [0.25, 0.3) is 33.0 Å². The SMILES string of the molecule is COc1cccc(-c2cc(C(=O)Oc3ccccc3)c(-c3cccc(OC)c3)c3ccccc23)c1. The minimum Gasteiger partial charge on any atom is -0.497 e. The average molecular weight is 461 g/mol. The van der Waals surface area contributed by atoms with Crippen molar-refractivity contribution in [2.75, 3.05) is 14.2 Å². The molecule has 0 aliphatic heterocycles. The highest BCUT2D eigenvalue weighted by molar-refractivity contribution is 6.13. The van der Waals surface area contributed by atoms with Crippen molar-refractivity contribution < 1.29 is 19.0 Å². The first-order valence-corrected chi connectivity index (χ1v) is 11.3. The lowest BCUT2D eigenvalue weighted by Crippen LogP contribution is -2.11. The van der Waals surface area contributed by atoms with E-state index in [-0.39, 0.29) is 0 Å². The standard InChI is InChI=1S/C31H24O4/c1-33-24-14-8-10-21(18-24)28-20-29(31(32)35-23-12-4-3-5-13-23)30(27-17-7-6-16-26(27)28)22-11-9-15-25(19-22)34-2/h3-20H,1-2H3. The van der Waals surface area contributed by atoms with E-state index < -0.39 is 5.97 Å². The van der Waals surface area contributed by atoms with Crippen LogP contribution in [0, 0.1) is 0 Å². The maximum absolute atomic E-state index is 13.6. The van der Waals surface area contributed by atoms with Gasteiger partial charge in [-0.2, -0.15) is 0 Å². The zero-order chi connectivity index (χ0) is 24.2. The summed E-state index contributed by atoms with van der Waals surface area (Å²) in [5.74, 6) is 1.52. The van der Waals surface area contributed by atoms with Crippen molar-refractivity contribution in [2.24, 2.45) is 0 Å². The van der Waals surface area contributed by atoms with Crippen molar-refractivity contribution in [3.8, 4) is 39.5 Å². The molecule has 5 aromatic rings. The Kier molecular flexibility index (Phi) is 6.18. The fourth-order valence-electron chi connectivity index (χ4n) is 4.31. The summed E-state index contributed by atoms with van der Waals surface area (Å²) in [6.45, 7) is 0. The number of carbonyl (C=O) groups excluding carboxylic acids is 1. The molecular weight excluding hydrogens is 436 g/mol. The molecule has 0 fully saturated rings. The highest BCUT2D eigenvalue weighted by Crippen LogP contribution is 2.40. The number of carbonyl (C=O) groups is 1. The molecule has 0 aliphatic carbocycles. The van der Waals surface area contributed by atoms with E-state index in [2.05, 4.69) is 6.07 Å². The van der Waals surface area contributed by atoms with Crippen molar-refractivity contribution in [2.45, 2.75) is 0 Å². The van der Waals surface area contributed by atoms with E-state index in [0.29, 0.717) is 17.1 Å². The molecule has 0 aromatic heterocycles. The van der Waals surface area contributed by atoms with Gasteiger partial charge in [0, 0.05) is 5.56 Å². The molecule has 0 aliphatic rings. The Morgan fingerprint density at radius 3 is 1.83 bits per heavy atom. The van der Waals surface area contributed by atoms with Crippen LogP contribution in [0.3, 0.4) is 0 Å². The zero-order valence-corrected chi connectivity index (χ0v) is 19.5. The van der Waals surface area contributed by atoms with E-state index in [9.17, 15) is 4.79 Å². The van der Waals surface area contributed by atoms with Gasteiger partial charge in [-0.05, 0) is 69.9 Å². The van der Waals surface area contributed by atoms with Crippen LogP contribution < -0.4 is 14.2 Å². The molecule has 0 spiro atoms. The van der Waals surface area contributed by atoms with Crippen molar-refractivity contribution in [3.05, 3.63) is 115 Å². The second kappa shape index (κ2) is 9.74. The lowest BCUT2D eigenvalue weighted by Gasteiger charge is -2.18. The first kappa shape index (κ1) is 22.2. The third-order valence-corrected chi connectivity index (χ3v) is 5.96. The van der Waals surface area contributed by atoms with Crippen molar-refractivity contribution >= 4 is 16.7 Å². The van der Waals surface area contributed by atoms with Gasteiger partial charge in [-0.15, -0.1) is 0 Å². The predicted molar refractivity (Wildman–Crippen MR) is 139 cm³/mol. The Labute approximate surface area is 204 Å². The van der Waals surface area contributed by atoms with Crippen molar-refractivity contribution in [3.63, 3.8) is 0 Å². The lowest BCUT2D eigenvalue weighted by molar-refractivity contribution is 0.0735. The minimum atomic E-state index is -0.427.